The third-order valence-corrected chi connectivity index (χ3v) is 4.65. The number of nitrogens with zero attached hydrogens (tertiary/aromatic N) is 3. The van der Waals surface area contributed by atoms with Crippen LogP contribution in [0.2, 0.25) is 5.02 Å². The van der Waals surface area contributed by atoms with Crippen molar-refractivity contribution >= 4 is 17.2 Å². The molecule has 26 heavy (non-hydrogen) atoms. The van der Waals surface area contributed by atoms with Crippen LogP contribution in [0.3, 0.4) is 0 Å². The molecule has 2 heterocycles. The lowest BCUT2D eigenvalue weighted by atomic mass is 10.1. The Balaban J connectivity index is 1.82. The molecule has 4 nitrogen and oxygen atoms in total. The van der Waals surface area contributed by atoms with Crippen molar-refractivity contribution in [2.45, 2.75) is 13.3 Å². The summed E-state index contributed by atoms with van der Waals surface area (Å²) in [5.74, 6) is -0.525. The molecule has 0 spiro atoms. The SMILES string of the molecule is CCc1ccc(-c2cn3ccn(-c4ccc(F)c(Cl)c4)c(=O)c3n2)cc1. The largest absolute Gasteiger partial charge is 0.300 e. The maximum Gasteiger partial charge on any atom is 0.298 e. The summed E-state index contributed by atoms with van der Waals surface area (Å²) in [5, 5.41) is -0.0330. The summed E-state index contributed by atoms with van der Waals surface area (Å²) in [6.45, 7) is 2.10. The zero-order valence-corrected chi connectivity index (χ0v) is 14.7. The molecule has 2 aromatic carbocycles. The summed E-state index contributed by atoms with van der Waals surface area (Å²) >= 11 is 5.83. The number of hydrogen-bond acceptors (Lipinski definition) is 2. The topological polar surface area (TPSA) is 39.3 Å². The second-order valence-electron chi connectivity index (χ2n) is 5.98. The van der Waals surface area contributed by atoms with Crippen molar-refractivity contribution in [3.63, 3.8) is 0 Å². The van der Waals surface area contributed by atoms with Gasteiger partial charge in [0.2, 0.25) is 5.65 Å². The van der Waals surface area contributed by atoms with E-state index in [9.17, 15) is 9.18 Å². The van der Waals surface area contributed by atoms with Crippen LogP contribution in [0.4, 0.5) is 4.39 Å². The Hall–Kier alpha value is -2.92. The third-order valence-electron chi connectivity index (χ3n) is 4.36. The molecule has 4 rings (SSSR count). The van der Waals surface area contributed by atoms with Gasteiger partial charge in [-0.1, -0.05) is 42.8 Å². The van der Waals surface area contributed by atoms with E-state index in [2.05, 4.69) is 24.0 Å². The van der Waals surface area contributed by atoms with E-state index in [0.717, 1.165) is 17.7 Å². The molecule has 0 radical (unpaired) electrons. The Kier molecular flexibility index (Phi) is 4.09. The summed E-state index contributed by atoms with van der Waals surface area (Å²) in [5.41, 5.74) is 3.39. The minimum Gasteiger partial charge on any atom is -0.300 e. The summed E-state index contributed by atoms with van der Waals surface area (Å²) in [6.07, 6.45) is 6.14. The first-order valence-electron chi connectivity index (χ1n) is 8.22. The Labute approximate surface area is 154 Å². The lowest BCUT2D eigenvalue weighted by Crippen LogP contribution is -2.20. The highest BCUT2D eigenvalue weighted by atomic mass is 35.5. The van der Waals surface area contributed by atoms with E-state index in [1.54, 1.807) is 16.8 Å². The van der Waals surface area contributed by atoms with Crippen LogP contribution >= 0.6 is 11.6 Å². The number of imidazole rings is 1. The maximum atomic E-state index is 13.4. The first kappa shape index (κ1) is 16.5. The summed E-state index contributed by atoms with van der Waals surface area (Å²) in [6, 6.07) is 12.3. The highest BCUT2D eigenvalue weighted by molar-refractivity contribution is 6.30. The normalized spacial score (nSPS) is 11.2. The average Bonchev–Trinajstić information content (AvgIpc) is 3.10. The fourth-order valence-electron chi connectivity index (χ4n) is 2.87. The second kappa shape index (κ2) is 6.42. The first-order valence-corrected chi connectivity index (χ1v) is 8.59. The fraction of sp³-hybridized carbons (Fsp3) is 0.100. The predicted octanol–water partition coefficient (Wildman–Crippen LogP) is 4.51. The zero-order chi connectivity index (χ0) is 18.3. The van der Waals surface area contributed by atoms with Gasteiger partial charge in [-0.05, 0) is 30.2 Å². The quantitative estimate of drug-likeness (QED) is 0.534. The minimum atomic E-state index is -0.525. The van der Waals surface area contributed by atoms with Crippen LogP contribution in [0.5, 0.6) is 0 Å². The Morgan fingerprint density at radius 3 is 2.58 bits per heavy atom. The molecule has 130 valence electrons. The second-order valence-corrected chi connectivity index (χ2v) is 6.39. The standard InChI is InChI=1S/C20H15ClFN3O/c1-2-13-3-5-14(6-4-13)18-12-24-9-10-25(20(26)19(24)23-18)15-7-8-17(22)16(21)11-15/h3-12H,2H2,1H3. The van der Waals surface area contributed by atoms with Crippen molar-refractivity contribution in [3.8, 4) is 16.9 Å². The van der Waals surface area contributed by atoms with Crippen LogP contribution < -0.4 is 5.56 Å². The molecule has 0 amide bonds. The number of aryl methyl sites for hydroxylation is 1. The van der Waals surface area contributed by atoms with Crippen molar-refractivity contribution in [2.75, 3.05) is 0 Å². The predicted molar refractivity (Wildman–Crippen MR) is 101 cm³/mol. The molecule has 0 bridgehead atoms. The van der Waals surface area contributed by atoms with E-state index in [4.69, 9.17) is 11.6 Å². The van der Waals surface area contributed by atoms with Gasteiger partial charge in [-0.25, -0.2) is 9.37 Å². The first-order chi connectivity index (χ1) is 12.6. The van der Waals surface area contributed by atoms with Crippen LogP contribution in [0, 0.1) is 5.82 Å². The third kappa shape index (κ3) is 2.80. The Morgan fingerprint density at radius 1 is 1.12 bits per heavy atom. The van der Waals surface area contributed by atoms with Crippen LogP contribution in [0.1, 0.15) is 12.5 Å². The van der Waals surface area contributed by atoms with Crippen LogP contribution in [-0.4, -0.2) is 14.0 Å². The van der Waals surface area contributed by atoms with Gasteiger partial charge < -0.3 is 4.40 Å². The van der Waals surface area contributed by atoms with Gasteiger partial charge >= 0.3 is 0 Å². The molecule has 4 aromatic rings. The molecular formula is C20H15ClFN3O. The molecular weight excluding hydrogens is 353 g/mol. The van der Waals surface area contributed by atoms with E-state index < -0.39 is 5.82 Å². The van der Waals surface area contributed by atoms with Gasteiger partial charge in [0, 0.05) is 24.2 Å². The van der Waals surface area contributed by atoms with E-state index in [0.29, 0.717) is 11.3 Å². The number of halogens is 2. The number of hydrogen-bond donors (Lipinski definition) is 0. The maximum absolute atomic E-state index is 13.4. The monoisotopic (exact) mass is 367 g/mol. The average molecular weight is 368 g/mol. The molecule has 6 heteroatoms. The Morgan fingerprint density at radius 2 is 1.88 bits per heavy atom. The summed E-state index contributed by atoms with van der Waals surface area (Å²) in [4.78, 5) is 17.3. The fourth-order valence-corrected chi connectivity index (χ4v) is 3.04. The number of rotatable bonds is 3. The summed E-state index contributed by atoms with van der Waals surface area (Å²) in [7, 11) is 0. The minimum absolute atomic E-state index is 0.0330. The van der Waals surface area contributed by atoms with Gasteiger partial charge in [-0.2, -0.15) is 0 Å². The van der Waals surface area contributed by atoms with E-state index >= 15 is 0 Å². The molecule has 0 fully saturated rings. The van der Waals surface area contributed by atoms with E-state index in [1.807, 2.05) is 18.3 Å². The number of aromatic nitrogens is 3. The van der Waals surface area contributed by atoms with Gasteiger partial charge in [0.05, 0.1) is 16.4 Å². The number of benzene rings is 2. The summed E-state index contributed by atoms with van der Waals surface area (Å²) < 4.78 is 16.5. The van der Waals surface area contributed by atoms with Gasteiger partial charge in [0.25, 0.3) is 5.56 Å². The van der Waals surface area contributed by atoms with Crippen molar-refractivity contribution in [2.24, 2.45) is 0 Å². The van der Waals surface area contributed by atoms with Crippen molar-refractivity contribution in [1.29, 1.82) is 0 Å². The lowest BCUT2D eigenvalue weighted by molar-refractivity contribution is 0.627. The smallest absolute Gasteiger partial charge is 0.298 e. The number of fused-ring (bicyclic) bond motifs is 1. The zero-order valence-electron chi connectivity index (χ0n) is 14.0. The highest BCUT2D eigenvalue weighted by Gasteiger charge is 2.11. The van der Waals surface area contributed by atoms with E-state index in [-0.39, 0.29) is 10.6 Å². The molecule has 0 aliphatic heterocycles. The molecule has 0 aliphatic carbocycles. The van der Waals surface area contributed by atoms with Crippen molar-refractivity contribution in [1.82, 2.24) is 14.0 Å². The molecule has 0 aliphatic rings. The van der Waals surface area contributed by atoms with Crippen molar-refractivity contribution in [3.05, 3.63) is 87.8 Å². The molecule has 0 saturated carbocycles. The lowest BCUT2D eigenvalue weighted by Gasteiger charge is -2.06. The van der Waals surface area contributed by atoms with Crippen molar-refractivity contribution < 1.29 is 4.39 Å². The molecule has 0 saturated heterocycles. The van der Waals surface area contributed by atoms with Crippen LogP contribution in [0.15, 0.2) is 65.8 Å². The van der Waals surface area contributed by atoms with Gasteiger partial charge in [-0.15, -0.1) is 0 Å². The van der Waals surface area contributed by atoms with Gasteiger partial charge in [0.1, 0.15) is 5.82 Å². The Bertz CT molecular complexity index is 1160. The van der Waals surface area contributed by atoms with Gasteiger partial charge in [-0.3, -0.25) is 9.36 Å². The molecule has 0 atom stereocenters. The van der Waals surface area contributed by atoms with Gasteiger partial charge in [0.15, 0.2) is 0 Å². The molecule has 0 unspecified atom stereocenters. The molecule has 2 aromatic heterocycles. The highest BCUT2D eigenvalue weighted by Crippen LogP contribution is 2.20. The molecule has 0 N–H and O–H groups in total. The van der Waals surface area contributed by atoms with E-state index in [1.165, 1.54) is 28.3 Å². The van der Waals surface area contributed by atoms with Crippen LogP contribution in [0.25, 0.3) is 22.6 Å². The van der Waals surface area contributed by atoms with Crippen LogP contribution in [-0.2, 0) is 6.42 Å².